The molecule has 0 spiro atoms. The maximum atomic E-state index is 12.9. The molecule has 0 unspecified atom stereocenters. The lowest BCUT2D eigenvalue weighted by molar-refractivity contribution is -0.121. The van der Waals surface area contributed by atoms with Crippen LogP contribution in [-0.2, 0) is 4.79 Å². The van der Waals surface area contributed by atoms with Gasteiger partial charge in [0.15, 0.2) is 5.17 Å². The summed E-state index contributed by atoms with van der Waals surface area (Å²) < 4.78 is 1.05. The van der Waals surface area contributed by atoms with Crippen LogP contribution < -0.4 is 0 Å². The molecule has 0 N–H and O–H groups in total. The number of aromatic nitrogens is 1. The van der Waals surface area contributed by atoms with Crippen LogP contribution in [0.4, 0.5) is 5.13 Å². The summed E-state index contributed by atoms with van der Waals surface area (Å²) in [6.07, 6.45) is 3.42. The van der Waals surface area contributed by atoms with Gasteiger partial charge in [0.2, 0.25) is 5.13 Å². The summed E-state index contributed by atoms with van der Waals surface area (Å²) >= 11 is 15.0. The summed E-state index contributed by atoms with van der Waals surface area (Å²) in [6.45, 7) is 4.10. The van der Waals surface area contributed by atoms with Crippen molar-refractivity contribution in [2.75, 3.05) is 6.54 Å². The SMILES string of the molecule is C=CCN1C(=O)/C(=C/c2ccc(Cl)cc2Cl)S/C1=N\c1nc2ccccc2s1. The number of aliphatic imine (C=N–C) groups is 1. The van der Waals surface area contributed by atoms with Gasteiger partial charge in [-0.2, -0.15) is 4.99 Å². The third kappa shape index (κ3) is 3.86. The molecule has 28 heavy (non-hydrogen) atoms. The normalized spacial score (nSPS) is 17.2. The van der Waals surface area contributed by atoms with E-state index in [1.54, 1.807) is 35.3 Å². The Labute approximate surface area is 180 Å². The van der Waals surface area contributed by atoms with Crippen LogP contribution in [0, 0.1) is 0 Å². The van der Waals surface area contributed by atoms with Gasteiger partial charge in [-0.25, -0.2) is 4.98 Å². The molecular weight excluding hydrogens is 433 g/mol. The van der Waals surface area contributed by atoms with E-state index in [4.69, 9.17) is 23.2 Å². The molecule has 8 heteroatoms. The minimum Gasteiger partial charge on any atom is -0.282 e. The lowest BCUT2D eigenvalue weighted by Crippen LogP contribution is -2.29. The summed E-state index contributed by atoms with van der Waals surface area (Å²) in [5.41, 5.74) is 1.61. The van der Waals surface area contributed by atoms with Gasteiger partial charge in [-0.3, -0.25) is 9.69 Å². The predicted molar refractivity (Wildman–Crippen MR) is 121 cm³/mol. The van der Waals surface area contributed by atoms with E-state index < -0.39 is 0 Å². The monoisotopic (exact) mass is 445 g/mol. The van der Waals surface area contributed by atoms with Gasteiger partial charge in [0.25, 0.3) is 5.91 Å². The summed E-state index contributed by atoms with van der Waals surface area (Å²) in [7, 11) is 0. The maximum Gasteiger partial charge on any atom is 0.267 e. The number of nitrogens with zero attached hydrogens (tertiary/aromatic N) is 3. The van der Waals surface area contributed by atoms with Gasteiger partial charge in [-0.1, -0.05) is 58.8 Å². The van der Waals surface area contributed by atoms with E-state index in [1.165, 1.54) is 23.1 Å². The number of benzene rings is 2. The molecule has 0 saturated carbocycles. The molecule has 4 nitrogen and oxygen atoms in total. The van der Waals surface area contributed by atoms with Crippen molar-refractivity contribution in [1.29, 1.82) is 0 Å². The van der Waals surface area contributed by atoms with Crippen molar-refractivity contribution in [2.24, 2.45) is 4.99 Å². The number of para-hydroxylation sites is 1. The smallest absolute Gasteiger partial charge is 0.267 e. The first-order valence-electron chi connectivity index (χ1n) is 8.27. The van der Waals surface area contributed by atoms with Crippen LogP contribution in [0.3, 0.4) is 0 Å². The molecule has 3 aromatic rings. The first-order valence-corrected chi connectivity index (χ1v) is 10.7. The molecule has 1 saturated heterocycles. The summed E-state index contributed by atoms with van der Waals surface area (Å²) in [5, 5.41) is 2.21. The van der Waals surface area contributed by atoms with Crippen molar-refractivity contribution in [3.63, 3.8) is 0 Å². The molecule has 140 valence electrons. The molecule has 0 atom stereocenters. The number of halogens is 2. The standard InChI is InChI=1S/C20H13Cl2N3OS2/c1-2-9-25-18(26)17(10-12-7-8-13(21)11-14(12)22)28-20(25)24-19-23-15-5-3-4-6-16(15)27-19/h2-8,10-11H,1,9H2/b17-10-,24-20-. The van der Waals surface area contributed by atoms with Crippen molar-refractivity contribution >= 4 is 78.8 Å². The quantitative estimate of drug-likeness (QED) is 0.345. The average Bonchev–Trinajstić information content (AvgIpc) is 3.20. The van der Waals surface area contributed by atoms with E-state index in [0.717, 1.165) is 15.8 Å². The molecule has 0 aliphatic carbocycles. The second kappa shape index (κ2) is 8.09. The second-order valence-corrected chi connectivity index (χ2v) is 8.70. The number of amidine groups is 1. The molecule has 2 aromatic carbocycles. The van der Waals surface area contributed by atoms with Gasteiger partial charge < -0.3 is 0 Å². The Morgan fingerprint density at radius 1 is 1.21 bits per heavy atom. The third-order valence-corrected chi connectivity index (χ3v) is 6.42. The Morgan fingerprint density at radius 3 is 2.79 bits per heavy atom. The molecule has 1 aliphatic heterocycles. The molecule has 0 bridgehead atoms. The molecule has 0 radical (unpaired) electrons. The molecular formula is C20H13Cl2N3OS2. The Hall–Kier alpha value is -2.12. The third-order valence-electron chi connectivity index (χ3n) is 3.92. The summed E-state index contributed by atoms with van der Waals surface area (Å²) in [4.78, 5) is 24.1. The first kappa shape index (κ1) is 19.2. The number of hydrogen-bond acceptors (Lipinski definition) is 5. The van der Waals surface area contributed by atoms with Crippen LogP contribution in [0.25, 0.3) is 16.3 Å². The minimum atomic E-state index is -0.143. The first-order chi connectivity index (χ1) is 13.5. The van der Waals surface area contributed by atoms with Crippen molar-refractivity contribution in [3.05, 3.63) is 75.6 Å². The van der Waals surface area contributed by atoms with Gasteiger partial charge >= 0.3 is 0 Å². The second-order valence-electron chi connectivity index (χ2n) is 5.84. The van der Waals surface area contributed by atoms with Gasteiger partial charge in [0.05, 0.1) is 15.1 Å². The number of fused-ring (bicyclic) bond motifs is 1. The lowest BCUT2D eigenvalue weighted by Gasteiger charge is -2.11. The Balaban J connectivity index is 1.71. The molecule has 1 amide bonds. The van der Waals surface area contributed by atoms with Crippen LogP contribution in [0.1, 0.15) is 5.56 Å². The topological polar surface area (TPSA) is 45.6 Å². The highest BCUT2D eigenvalue weighted by atomic mass is 35.5. The summed E-state index contributed by atoms with van der Waals surface area (Å²) in [5.74, 6) is -0.143. The van der Waals surface area contributed by atoms with Gasteiger partial charge in [-0.05, 0) is 47.7 Å². The highest BCUT2D eigenvalue weighted by molar-refractivity contribution is 8.18. The zero-order valence-electron chi connectivity index (χ0n) is 14.4. The van der Waals surface area contributed by atoms with Crippen molar-refractivity contribution < 1.29 is 4.79 Å². The lowest BCUT2D eigenvalue weighted by atomic mass is 10.2. The van der Waals surface area contributed by atoms with E-state index in [1.807, 2.05) is 24.3 Å². The highest BCUT2D eigenvalue weighted by Crippen LogP contribution is 2.37. The number of carbonyl (C=O) groups excluding carboxylic acids is 1. The highest BCUT2D eigenvalue weighted by Gasteiger charge is 2.33. The van der Waals surface area contributed by atoms with Crippen molar-refractivity contribution in [1.82, 2.24) is 9.88 Å². The van der Waals surface area contributed by atoms with E-state index in [0.29, 0.717) is 31.8 Å². The fourth-order valence-electron chi connectivity index (χ4n) is 2.63. The van der Waals surface area contributed by atoms with Crippen molar-refractivity contribution in [3.8, 4) is 0 Å². The number of rotatable bonds is 4. The summed E-state index contributed by atoms with van der Waals surface area (Å²) in [6, 6.07) is 13.0. The molecule has 1 aliphatic rings. The Kier molecular flexibility index (Phi) is 5.55. The Bertz CT molecular complexity index is 1120. The van der Waals surface area contributed by atoms with Crippen LogP contribution in [0.5, 0.6) is 0 Å². The van der Waals surface area contributed by atoms with Gasteiger partial charge in [0, 0.05) is 16.6 Å². The number of thiazole rings is 1. The Morgan fingerprint density at radius 2 is 2.04 bits per heavy atom. The van der Waals surface area contributed by atoms with Crippen LogP contribution in [0.15, 0.2) is 65.0 Å². The van der Waals surface area contributed by atoms with E-state index >= 15 is 0 Å². The van der Waals surface area contributed by atoms with E-state index in [-0.39, 0.29) is 5.91 Å². The fraction of sp³-hybridized carbons (Fsp3) is 0.0500. The van der Waals surface area contributed by atoms with Gasteiger partial charge in [-0.15, -0.1) is 6.58 Å². The number of thioether (sulfide) groups is 1. The van der Waals surface area contributed by atoms with Gasteiger partial charge in [0.1, 0.15) is 0 Å². The fourth-order valence-corrected chi connectivity index (χ4v) is 4.97. The molecule has 1 fully saturated rings. The molecule has 1 aromatic heterocycles. The number of carbonyl (C=O) groups is 1. The van der Waals surface area contributed by atoms with Crippen molar-refractivity contribution in [2.45, 2.75) is 0 Å². The molecule has 2 heterocycles. The van der Waals surface area contributed by atoms with E-state index in [2.05, 4.69) is 16.6 Å². The maximum absolute atomic E-state index is 12.9. The largest absolute Gasteiger partial charge is 0.282 e. The predicted octanol–water partition coefficient (Wildman–Crippen LogP) is 6.39. The average molecular weight is 446 g/mol. The van der Waals surface area contributed by atoms with Crippen LogP contribution >= 0.6 is 46.3 Å². The zero-order valence-corrected chi connectivity index (χ0v) is 17.6. The number of amides is 1. The van der Waals surface area contributed by atoms with Crippen LogP contribution in [-0.4, -0.2) is 27.5 Å². The van der Waals surface area contributed by atoms with Crippen LogP contribution in [0.2, 0.25) is 10.0 Å². The zero-order chi connectivity index (χ0) is 19.7. The van der Waals surface area contributed by atoms with E-state index in [9.17, 15) is 4.79 Å². The minimum absolute atomic E-state index is 0.143. The number of hydrogen-bond donors (Lipinski definition) is 0. The molecule has 4 rings (SSSR count).